The Labute approximate surface area is 136 Å². The fourth-order valence-corrected chi connectivity index (χ4v) is 3.68. The molecule has 1 amide bonds. The van der Waals surface area contributed by atoms with Gasteiger partial charge in [-0.2, -0.15) is 5.10 Å². The minimum Gasteiger partial charge on any atom is -0.352 e. The zero-order valence-corrected chi connectivity index (χ0v) is 13.2. The minimum absolute atomic E-state index is 0.208. The molecule has 0 bridgehead atoms. The average Bonchev–Trinajstić information content (AvgIpc) is 3.08. The minimum atomic E-state index is 0.208. The van der Waals surface area contributed by atoms with Crippen LogP contribution in [0.25, 0.3) is 5.69 Å². The molecule has 5 nitrogen and oxygen atoms in total. The smallest absolute Gasteiger partial charge is 0.223 e. The maximum atomic E-state index is 12.4. The van der Waals surface area contributed by atoms with Gasteiger partial charge in [0.2, 0.25) is 5.91 Å². The van der Waals surface area contributed by atoms with Crippen molar-refractivity contribution in [1.29, 1.82) is 0 Å². The predicted octanol–water partition coefficient (Wildman–Crippen LogP) is 1.88. The molecule has 23 heavy (non-hydrogen) atoms. The summed E-state index contributed by atoms with van der Waals surface area (Å²) < 4.78 is 1.84. The number of amides is 1. The Morgan fingerprint density at radius 3 is 2.87 bits per heavy atom. The molecule has 1 atom stereocenters. The number of benzene rings is 1. The van der Waals surface area contributed by atoms with Crippen molar-refractivity contribution in [2.24, 2.45) is 11.3 Å². The number of para-hydroxylation sites is 1. The van der Waals surface area contributed by atoms with Gasteiger partial charge >= 0.3 is 0 Å². The number of piperidine rings is 1. The Morgan fingerprint density at radius 1 is 1.30 bits per heavy atom. The van der Waals surface area contributed by atoms with Gasteiger partial charge in [0.1, 0.15) is 0 Å². The molecule has 1 saturated heterocycles. The van der Waals surface area contributed by atoms with Gasteiger partial charge in [-0.1, -0.05) is 18.2 Å². The molecule has 2 aromatic rings. The third kappa shape index (κ3) is 2.88. The first-order valence-corrected chi connectivity index (χ1v) is 8.34. The second-order valence-electron chi connectivity index (χ2n) is 6.72. The molecule has 1 spiro atoms. The van der Waals surface area contributed by atoms with Gasteiger partial charge in [0.05, 0.1) is 11.9 Å². The number of hydrogen-bond donors (Lipinski definition) is 2. The fraction of sp³-hybridized carbons (Fsp3) is 0.444. The second-order valence-corrected chi connectivity index (χ2v) is 6.72. The summed E-state index contributed by atoms with van der Waals surface area (Å²) in [7, 11) is 0. The van der Waals surface area contributed by atoms with E-state index in [9.17, 15) is 4.79 Å². The number of rotatable bonds is 4. The number of nitrogens with zero attached hydrogens (tertiary/aromatic N) is 2. The molecule has 120 valence electrons. The largest absolute Gasteiger partial charge is 0.352 e. The molecular weight excluding hydrogens is 288 g/mol. The summed E-state index contributed by atoms with van der Waals surface area (Å²) in [6, 6.07) is 10.00. The van der Waals surface area contributed by atoms with Crippen LogP contribution in [-0.2, 0) is 11.3 Å². The van der Waals surface area contributed by atoms with Crippen LogP contribution in [0.5, 0.6) is 0 Å². The molecule has 1 unspecified atom stereocenters. The lowest BCUT2D eigenvalue weighted by Gasteiger charge is -2.23. The van der Waals surface area contributed by atoms with E-state index in [2.05, 4.69) is 15.7 Å². The van der Waals surface area contributed by atoms with E-state index in [4.69, 9.17) is 0 Å². The van der Waals surface area contributed by atoms with Gasteiger partial charge in [-0.25, -0.2) is 4.68 Å². The van der Waals surface area contributed by atoms with Gasteiger partial charge < -0.3 is 10.6 Å². The predicted molar refractivity (Wildman–Crippen MR) is 88.1 cm³/mol. The average molecular weight is 310 g/mol. The number of carbonyl (C=O) groups excluding carboxylic acids is 1. The molecular formula is C18H22N4O. The van der Waals surface area contributed by atoms with E-state index in [-0.39, 0.29) is 11.8 Å². The summed E-state index contributed by atoms with van der Waals surface area (Å²) in [6.07, 6.45) is 7.13. The first-order chi connectivity index (χ1) is 11.3. The van der Waals surface area contributed by atoms with Crippen molar-refractivity contribution in [2.75, 3.05) is 13.1 Å². The highest BCUT2D eigenvalue weighted by molar-refractivity contribution is 5.82. The summed E-state index contributed by atoms with van der Waals surface area (Å²) in [5.74, 6) is 0.424. The summed E-state index contributed by atoms with van der Waals surface area (Å²) in [5, 5.41) is 10.8. The van der Waals surface area contributed by atoms with E-state index >= 15 is 0 Å². The van der Waals surface area contributed by atoms with Gasteiger partial charge in [-0.3, -0.25) is 4.79 Å². The van der Waals surface area contributed by atoms with Crippen molar-refractivity contribution in [3.05, 3.63) is 48.3 Å². The van der Waals surface area contributed by atoms with E-state index < -0.39 is 0 Å². The molecule has 4 rings (SSSR count). The zero-order chi connectivity index (χ0) is 15.7. The first kappa shape index (κ1) is 14.5. The maximum absolute atomic E-state index is 12.4. The van der Waals surface area contributed by atoms with Crippen molar-refractivity contribution in [2.45, 2.75) is 25.8 Å². The molecule has 1 saturated carbocycles. The molecule has 2 fully saturated rings. The molecule has 1 aliphatic heterocycles. The normalized spacial score (nSPS) is 22.0. The number of hydrogen-bond acceptors (Lipinski definition) is 3. The Kier molecular flexibility index (Phi) is 3.65. The van der Waals surface area contributed by atoms with Crippen LogP contribution in [0.3, 0.4) is 0 Å². The van der Waals surface area contributed by atoms with Crippen molar-refractivity contribution < 1.29 is 4.79 Å². The van der Waals surface area contributed by atoms with Gasteiger partial charge in [0.25, 0.3) is 0 Å². The summed E-state index contributed by atoms with van der Waals surface area (Å²) >= 11 is 0. The van der Waals surface area contributed by atoms with E-state index in [1.165, 1.54) is 0 Å². The Bertz CT molecular complexity index is 688. The molecule has 2 aliphatic rings. The lowest BCUT2D eigenvalue weighted by atomic mass is 9.92. The number of nitrogens with one attached hydrogen (secondary N) is 2. The molecule has 1 aromatic carbocycles. The summed E-state index contributed by atoms with van der Waals surface area (Å²) in [5.41, 5.74) is 2.35. The Hall–Kier alpha value is -2.14. The Morgan fingerprint density at radius 2 is 2.09 bits per heavy atom. The SMILES string of the molecule is O=C(NCc1cnn(-c2ccccc2)c1)C1CC12CCNCC2. The molecule has 2 heterocycles. The lowest BCUT2D eigenvalue weighted by Crippen LogP contribution is -2.33. The zero-order valence-electron chi connectivity index (χ0n) is 13.2. The molecule has 0 radical (unpaired) electrons. The topological polar surface area (TPSA) is 59.0 Å². The molecule has 2 N–H and O–H groups in total. The van der Waals surface area contributed by atoms with E-state index in [0.717, 1.165) is 43.6 Å². The lowest BCUT2D eigenvalue weighted by molar-refractivity contribution is -0.123. The summed E-state index contributed by atoms with van der Waals surface area (Å²) in [4.78, 5) is 12.4. The van der Waals surface area contributed by atoms with Crippen LogP contribution in [0.2, 0.25) is 0 Å². The van der Waals surface area contributed by atoms with Crippen LogP contribution < -0.4 is 10.6 Å². The van der Waals surface area contributed by atoms with Crippen molar-refractivity contribution in [1.82, 2.24) is 20.4 Å². The van der Waals surface area contributed by atoms with Crippen LogP contribution >= 0.6 is 0 Å². The van der Waals surface area contributed by atoms with Gasteiger partial charge in [0.15, 0.2) is 0 Å². The highest BCUT2D eigenvalue weighted by Gasteiger charge is 2.57. The van der Waals surface area contributed by atoms with Gasteiger partial charge in [-0.15, -0.1) is 0 Å². The van der Waals surface area contributed by atoms with E-state index in [0.29, 0.717) is 12.0 Å². The first-order valence-electron chi connectivity index (χ1n) is 8.34. The van der Waals surface area contributed by atoms with E-state index in [1.54, 1.807) is 0 Å². The van der Waals surface area contributed by atoms with E-state index in [1.807, 2.05) is 47.4 Å². The third-order valence-electron chi connectivity index (χ3n) is 5.23. The van der Waals surface area contributed by atoms with Gasteiger partial charge in [-0.05, 0) is 49.9 Å². The van der Waals surface area contributed by atoms with Crippen molar-refractivity contribution in [3.63, 3.8) is 0 Å². The molecule has 1 aromatic heterocycles. The monoisotopic (exact) mass is 310 g/mol. The third-order valence-corrected chi connectivity index (χ3v) is 5.23. The fourth-order valence-electron chi connectivity index (χ4n) is 3.68. The van der Waals surface area contributed by atoms with Crippen LogP contribution in [0, 0.1) is 11.3 Å². The highest BCUT2D eigenvalue weighted by atomic mass is 16.2. The van der Waals surface area contributed by atoms with Crippen LogP contribution in [0.1, 0.15) is 24.8 Å². The second kappa shape index (κ2) is 5.81. The molecule has 1 aliphatic carbocycles. The standard InChI is InChI=1S/C18H22N4O/c23-17(16-10-18(16)6-8-19-9-7-18)20-11-14-12-21-22(13-14)15-4-2-1-3-5-15/h1-5,12-13,16,19H,6-11H2,(H,20,23). The molecule has 5 heteroatoms. The summed E-state index contributed by atoms with van der Waals surface area (Å²) in [6.45, 7) is 2.65. The maximum Gasteiger partial charge on any atom is 0.223 e. The number of carbonyl (C=O) groups is 1. The van der Waals surface area contributed by atoms with Gasteiger partial charge in [0, 0.05) is 24.2 Å². The number of aromatic nitrogens is 2. The highest BCUT2D eigenvalue weighted by Crippen LogP contribution is 2.58. The van der Waals surface area contributed by atoms with Crippen LogP contribution in [0.15, 0.2) is 42.7 Å². The van der Waals surface area contributed by atoms with Crippen molar-refractivity contribution >= 4 is 5.91 Å². The van der Waals surface area contributed by atoms with Crippen LogP contribution in [0.4, 0.5) is 0 Å². The Balaban J connectivity index is 1.33. The van der Waals surface area contributed by atoms with Crippen molar-refractivity contribution in [3.8, 4) is 5.69 Å². The quantitative estimate of drug-likeness (QED) is 0.906. The van der Waals surface area contributed by atoms with Crippen LogP contribution in [-0.4, -0.2) is 28.8 Å².